The second-order valence-corrected chi connectivity index (χ2v) is 7.81. The van der Waals surface area contributed by atoms with Gasteiger partial charge in [-0.15, -0.1) is 0 Å². The summed E-state index contributed by atoms with van der Waals surface area (Å²) < 4.78 is 37.3. The fourth-order valence-electron chi connectivity index (χ4n) is 2.20. The van der Waals surface area contributed by atoms with Crippen molar-refractivity contribution in [1.82, 2.24) is 4.72 Å². The first-order valence-corrected chi connectivity index (χ1v) is 8.87. The number of sulfonamides is 1. The van der Waals surface area contributed by atoms with Crippen molar-refractivity contribution in [3.8, 4) is 11.5 Å². The van der Waals surface area contributed by atoms with Gasteiger partial charge in [0, 0.05) is 12.0 Å². The van der Waals surface area contributed by atoms with Gasteiger partial charge >= 0.3 is 0 Å². The molecule has 0 fully saturated rings. The normalized spacial score (nSPS) is 15.0. The van der Waals surface area contributed by atoms with Crippen molar-refractivity contribution in [1.29, 1.82) is 0 Å². The molecule has 21 heavy (non-hydrogen) atoms. The first kappa shape index (κ1) is 16.1. The number of rotatable bonds is 6. The van der Waals surface area contributed by atoms with Crippen LogP contribution in [-0.2, 0) is 15.4 Å². The topological polar surface area (TPSA) is 64.6 Å². The molecule has 1 aliphatic rings. The minimum atomic E-state index is -3.20. The Bertz CT molecular complexity index is 596. The largest absolute Gasteiger partial charge is 0.486 e. The molecule has 118 valence electrons. The van der Waals surface area contributed by atoms with Crippen LogP contribution in [0.5, 0.6) is 11.5 Å². The Kier molecular flexibility index (Phi) is 4.78. The molecule has 1 aliphatic heterocycles. The molecule has 5 nitrogen and oxygen atoms in total. The van der Waals surface area contributed by atoms with Crippen LogP contribution in [0.3, 0.4) is 0 Å². The van der Waals surface area contributed by atoms with Gasteiger partial charge in [-0.1, -0.05) is 26.8 Å². The maximum Gasteiger partial charge on any atom is 0.211 e. The van der Waals surface area contributed by atoms with Crippen LogP contribution in [-0.4, -0.2) is 33.9 Å². The second kappa shape index (κ2) is 6.23. The molecule has 1 aromatic rings. The molecule has 6 heteroatoms. The minimum Gasteiger partial charge on any atom is -0.486 e. The Labute approximate surface area is 126 Å². The maximum atomic E-state index is 11.8. The second-order valence-electron chi connectivity index (χ2n) is 5.88. The highest BCUT2D eigenvalue weighted by Crippen LogP contribution is 2.34. The molecule has 0 radical (unpaired) electrons. The lowest BCUT2D eigenvalue weighted by Crippen LogP contribution is -2.37. The average Bonchev–Trinajstić information content (AvgIpc) is 2.45. The van der Waals surface area contributed by atoms with Crippen LogP contribution >= 0.6 is 0 Å². The van der Waals surface area contributed by atoms with E-state index in [2.05, 4.69) is 4.72 Å². The molecule has 0 saturated heterocycles. The van der Waals surface area contributed by atoms with Crippen molar-refractivity contribution in [3.05, 3.63) is 23.8 Å². The Balaban J connectivity index is 2.12. The van der Waals surface area contributed by atoms with Gasteiger partial charge in [-0.2, -0.15) is 0 Å². The van der Waals surface area contributed by atoms with Crippen molar-refractivity contribution in [2.75, 3.05) is 25.5 Å². The lowest BCUT2D eigenvalue weighted by atomic mass is 9.84. The SMILES string of the molecule is CCCS(=O)(=O)NCC(C)(C)c1ccc2c(c1)OCCO2. The highest BCUT2D eigenvalue weighted by molar-refractivity contribution is 7.89. The number of fused-ring (bicyclic) bond motifs is 1. The molecule has 0 spiro atoms. The standard InChI is InChI=1S/C15H23NO4S/c1-4-9-21(17,18)16-11-15(2,3)12-5-6-13-14(10-12)20-8-7-19-13/h5-6,10,16H,4,7-9,11H2,1-3H3. The lowest BCUT2D eigenvalue weighted by molar-refractivity contribution is 0.171. The molecule has 0 aliphatic carbocycles. The van der Waals surface area contributed by atoms with E-state index in [9.17, 15) is 8.42 Å². The minimum absolute atomic E-state index is 0.157. The van der Waals surface area contributed by atoms with Crippen molar-refractivity contribution in [2.24, 2.45) is 0 Å². The Morgan fingerprint density at radius 2 is 1.86 bits per heavy atom. The van der Waals surface area contributed by atoms with Gasteiger partial charge in [0.2, 0.25) is 10.0 Å². The summed E-state index contributed by atoms with van der Waals surface area (Å²) in [4.78, 5) is 0. The molecule has 0 unspecified atom stereocenters. The first-order chi connectivity index (χ1) is 9.84. The number of hydrogen-bond acceptors (Lipinski definition) is 4. The van der Waals surface area contributed by atoms with E-state index in [-0.39, 0.29) is 11.2 Å². The summed E-state index contributed by atoms with van der Waals surface area (Å²) in [5.41, 5.74) is 0.697. The van der Waals surface area contributed by atoms with Gasteiger partial charge in [0.15, 0.2) is 11.5 Å². The van der Waals surface area contributed by atoms with Crippen molar-refractivity contribution >= 4 is 10.0 Å². The lowest BCUT2D eigenvalue weighted by Gasteiger charge is -2.27. The molecule has 0 atom stereocenters. The van der Waals surface area contributed by atoms with Crippen molar-refractivity contribution < 1.29 is 17.9 Å². The fraction of sp³-hybridized carbons (Fsp3) is 0.600. The van der Waals surface area contributed by atoms with E-state index in [0.29, 0.717) is 26.2 Å². The average molecular weight is 313 g/mol. The van der Waals surface area contributed by atoms with E-state index in [1.807, 2.05) is 39.0 Å². The summed E-state index contributed by atoms with van der Waals surface area (Å²) in [5.74, 6) is 1.63. The predicted molar refractivity (Wildman–Crippen MR) is 82.5 cm³/mol. The molecular weight excluding hydrogens is 290 g/mol. The van der Waals surface area contributed by atoms with Gasteiger partial charge in [0.1, 0.15) is 13.2 Å². The summed E-state index contributed by atoms with van der Waals surface area (Å²) in [7, 11) is -3.20. The third-order valence-electron chi connectivity index (χ3n) is 3.53. The molecule has 1 aromatic carbocycles. The third-order valence-corrected chi connectivity index (χ3v) is 5.06. The van der Waals surface area contributed by atoms with Crippen LogP contribution in [0.25, 0.3) is 0 Å². The predicted octanol–water partition coefficient (Wildman–Crippen LogP) is 2.06. The molecule has 2 rings (SSSR count). The van der Waals surface area contributed by atoms with Crippen LogP contribution < -0.4 is 14.2 Å². The first-order valence-electron chi connectivity index (χ1n) is 7.21. The van der Waals surface area contributed by atoms with Crippen molar-refractivity contribution in [2.45, 2.75) is 32.6 Å². The molecule has 0 aromatic heterocycles. The van der Waals surface area contributed by atoms with E-state index in [4.69, 9.17) is 9.47 Å². The van der Waals surface area contributed by atoms with E-state index in [1.165, 1.54) is 0 Å². The van der Waals surface area contributed by atoms with Gasteiger partial charge in [-0.25, -0.2) is 13.1 Å². The van der Waals surface area contributed by atoms with Gasteiger partial charge in [0.05, 0.1) is 5.75 Å². The zero-order valence-corrected chi connectivity index (χ0v) is 13.6. The highest BCUT2D eigenvalue weighted by Gasteiger charge is 2.25. The molecule has 0 bridgehead atoms. The van der Waals surface area contributed by atoms with Gasteiger partial charge < -0.3 is 9.47 Å². The zero-order chi connectivity index (χ0) is 15.5. The van der Waals surface area contributed by atoms with E-state index >= 15 is 0 Å². The van der Waals surface area contributed by atoms with Crippen LogP contribution in [0.2, 0.25) is 0 Å². The molecule has 1 N–H and O–H groups in total. The van der Waals surface area contributed by atoms with Crippen LogP contribution in [0, 0.1) is 0 Å². The summed E-state index contributed by atoms with van der Waals surface area (Å²) in [6.45, 7) is 7.33. The quantitative estimate of drug-likeness (QED) is 0.873. The van der Waals surface area contributed by atoms with Crippen LogP contribution in [0.4, 0.5) is 0 Å². The maximum absolute atomic E-state index is 11.8. The molecule has 1 heterocycles. The zero-order valence-electron chi connectivity index (χ0n) is 12.8. The Hall–Kier alpha value is -1.27. The molecule has 0 amide bonds. The summed E-state index contributed by atoms with van der Waals surface area (Å²) in [6.07, 6.45) is 0.611. The van der Waals surface area contributed by atoms with Crippen molar-refractivity contribution in [3.63, 3.8) is 0 Å². The summed E-state index contributed by atoms with van der Waals surface area (Å²) in [5, 5.41) is 0. The van der Waals surface area contributed by atoms with Gasteiger partial charge in [0.25, 0.3) is 0 Å². The summed E-state index contributed by atoms with van der Waals surface area (Å²) >= 11 is 0. The van der Waals surface area contributed by atoms with Gasteiger partial charge in [-0.05, 0) is 24.1 Å². The Morgan fingerprint density at radius 1 is 1.19 bits per heavy atom. The smallest absolute Gasteiger partial charge is 0.211 e. The van der Waals surface area contributed by atoms with Crippen LogP contribution in [0.1, 0.15) is 32.8 Å². The van der Waals surface area contributed by atoms with E-state index < -0.39 is 10.0 Å². The summed E-state index contributed by atoms with van der Waals surface area (Å²) in [6, 6.07) is 5.77. The fourth-order valence-corrected chi connectivity index (χ4v) is 3.46. The number of hydrogen-bond donors (Lipinski definition) is 1. The Morgan fingerprint density at radius 3 is 2.52 bits per heavy atom. The molecular formula is C15H23NO4S. The number of nitrogens with one attached hydrogen (secondary N) is 1. The highest BCUT2D eigenvalue weighted by atomic mass is 32.2. The van der Waals surface area contributed by atoms with E-state index in [0.717, 1.165) is 17.1 Å². The van der Waals surface area contributed by atoms with Gasteiger partial charge in [-0.3, -0.25) is 0 Å². The third kappa shape index (κ3) is 4.11. The monoisotopic (exact) mass is 313 g/mol. The van der Waals surface area contributed by atoms with E-state index in [1.54, 1.807) is 0 Å². The van der Waals surface area contributed by atoms with Crippen LogP contribution in [0.15, 0.2) is 18.2 Å². The number of benzene rings is 1. The molecule has 0 saturated carbocycles. The number of ether oxygens (including phenoxy) is 2.